The molecule has 0 saturated carbocycles. The summed E-state index contributed by atoms with van der Waals surface area (Å²) < 4.78 is 0. The zero-order chi connectivity index (χ0) is 14.0. The Hall–Kier alpha value is -1.05. The van der Waals surface area contributed by atoms with Crippen molar-refractivity contribution >= 4 is 12.9 Å². The van der Waals surface area contributed by atoms with E-state index in [0.717, 1.165) is 24.4 Å². The van der Waals surface area contributed by atoms with Gasteiger partial charge in [0, 0.05) is 0 Å². The van der Waals surface area contributed by atoms with Crippen LogP contribution in [0.1, 0.15) is 47.5 Å². The molecule has 0 fully saturated rings. The second-order valence-corrected chi connectivity index (χ2v) is 5.27. The van der Waals surface area contributed by atoms with E-state index in [1.807, 2.05) is 6.92 Å². The van der Waals surface area contributed by atoms with Gasteiger partial charge in [0.1, 0.15) is 0 Å². The molecule has 18 heavy (non-hydrogen) atoms. The third kappa shape index (κ3) is 9.03. The van der Waals surface area contributed by atoms with Crippen LogP contribution in [0.2, 0.25) is 6.32 Å². The molecule has 0 radical (unpaired) electrons. The van der Waals surface area contributed by atoms with Gasteiger partial charge in [0.25, 0.3) is 0 Å². The van der Waals surface area contributed by atoms with E-state index in [-0.39, 0.29) is 0 Å². The first kappa shape index (κ1) is 17.0. The molecule has 2 N–H and O–H groups in total. The Balaban J connectivity index is 4.40. The molecule has 0 rings (SSSR count). The summed E-state index contributed by atoms with van der Waals surface area (Å²) in [4.78, 5) is 0. The van der Waals surface area contributed by atoms with Gasteiger partial charge in [-0.25, -0.2) is 0 Å². The number of hydrogen-bond acceptors (Lipinski definition) is 1. The van der Waals surface area contributed by atoms with Crippen molar-refractivity contribution in [2.45, 2.75) is 53.8 Å². The summed E-state index contributed by atoms with van der Waals surface area (Å²) in [7, 11) is 0. The molecule has 0 heterocycles. The van der Waals surface area contributed by atoms with E-state index in [9.17, 15) is 0 Å². The molecule has 0 atom stereocenters. The maximum absolute atomic E-state index is 5.73. The molecule has 1 nitrogen and oxygen atoms in total. The Morgan fingerprint density at radius 2 is 1.94 bits per heavy atom. The van der Waals surface area contributed by atoms with Gasteiger partial charge in [-0.3, -0.25) is 0 Å². The van der Waals surface area contributed by atoms with Gasteiger partial charge < -0.3 is 0 Å². The van der Waals surface area contributed by atoms with Gasteiger partial charge in [-0.2, -0.15) is 0 Å². The molecule has 0 aliphatic carbocycles. The number of allylic oxidation sites excluding steroid dienone is 6. The summed E-state index contributed by atoms with van der Waals surface area (Å²) >= 11 is 0. The van der Waals surface area contributed by atoms with Crippen molar-refractivity contribution in [1.82, 2.24) is 0 Å². The van der Waals surface area contributed by atoms with Gasteiger partial charge in [0.2, 0.25) is 0 Å². The molecule has 2 heteroatoms. The third-order valence-corrected chi connectivity index (χ3v) is 2.93. The minimum atomic E-state index is 0.757. The van der Waals surface area contributed by atoms with Crippen LogP contribution in [0.15, 0.2) is 35.1 Å². The van der Waals surface area contributed by atoms with Gasteiger partial charge >= 0.3 is 113 Å². The topological polar surface area (TPSA) is 26.0 Å². The molecule has 0 spiro atoms. The summed E-state index contributed by atoms with van der Waals surface area (Å²) in [6, 6.07) is 0. The molecule has 0 amide bonds. The molecule has 0 saturated heterocycles. The van der Waals surface area contributed by atoms with Gasteiger partial charge in [-0.05, 0) is 0 Å². The van der Waals surface area contributed by atoms with Crippen molar-refractivity contribution in [3.8, 4) is 0 Å². The Morgan fingerprint density at radius 3 is 2.44 bits per heavy atom. The Kier molecular flexibility index (Phi) is 9.35. The van der Waals surface area contributed by atoms with Gasteiger partial charge in [-0.15, -0.1) is 0 Å². The van der Waals surface area contributed by atoms with Crippen LogP contribution >= 0.6 is 0 Å². The zero-order valence-corrected chi connectivity index (χ0v) is 12.7. The molecular weight excluding hydrogens is 217 g/mol. The fourth-order valence-electron chi connectivity index (χ4n) is 1.49. The predicted molar refractivity (Wildman–Crippen MR) is 86.2 cm³/mol. The molecule has 0 aromatic carbocycles. The van der Waals surface area contributed by atoms with Gasteiger partial charge in [0.15, 0.2) is 0 Å². The Bertz CT molecular complexity index is 342. The van der Waals surface area contributed by atoms with Crippen molar-refractivity contribution < 1.29 is 0 Å². The van der Waals surface area contributed by atoms with E-state index in [2.05, 4.69) is 58.8 Å². The number of rotatable bonds is 7. The SMILES string of the molecule is C\C=C/C(=C\C=B\C/C(C)=C(/C)N)CCC(C)C. The molecule has 100 valence electrons. The van der Waals surface area contributed by atoms with Gasteiger partial charge in [-0.1, -0.05) is 0 Å². The molecule has 0 aliphatic heterocycles. The normalized spacial score (nSPS) is 14.4. The summed E-state index contributed by atoms with van der Waals surface area (Å²) in [5, 5.41) is 0. The van der Waals surface area contributed by atoms with Crippen molar-refractivity contribution in [2.75, 3.05) is 0 Å². The first-order valence-electron chi connectivity index (χ1n) is 6.87. The second kappa shape index (κ2) is 9.93. The zero-order valence-electron chi connectivity index (χ0n) is 12.7. The molecule has 0 aromatic heterocycles. The summed E-state index contributed by atoms with van der Waals surface area (Å²) in [5.41, 5.74) is 9.30. The number of hydrogen-bond donors (Lipinski definition) is 1. The Labute approximate surface area is 114 Å². The van der Waals surface area contributed by atoms with E-state index >= 15 is 0 Å². The van der Waals surface area contributed by atoms with Crippen LogP contribution in [0.25, 0.3) is 0 Å². The quantitative estimate of drug-likeness (QED) is 0.530. The van der Waals surface area contributed by atoms with Gasteiger partial charge in [0.05, 0.1) is 0 Å². The van der Waals surface area contributed by atoms with E-state index in [1.165, 1.54) is 17.6 Å². The molecule has 0 aliphatic rings. The summed E-state index contributed by atoms with van der Waals surface area (Å²) in [6.07, 6.45) is 9.84. The van der Waals surface area contributed by atoms with E-state index < -0.39 is 0 Å². The first-order valence-corrected chi connectivity index (χ1v) is 6.87. The Morgan fingerprint density at radius 1 is 1.28 bits per heavy atom. The third-order valence-electron chi connectivity index (χ3n) is 2.93. The number of nitrogens with two attached hydrogens (primary N) is 1. The average Bonchev–Trinajstić information content (AvgIpc) is 2.30. The molecule has 0 aromatic rings. The molecule has 0 bridgehead atoms. The van der Waals surface area contributed by atoms with Crippen LogP contribution in [0.5, 0.6) is 0 Å². The van der Waals surface area contributed by atoms with Crippen LogP contribution < -0.4 is 5.73 Å². The summed E-state index contributed by atoms with van der Waals surface area (Å²) in [6.45, 7) is 12.8. The standard InChI is InChI=1S/C16H28BN/c1-6-7-16(9-8-13(2)3)10-11-17-12-14(4)15(5)18/h6-7,10-11,13H,8-9,12,18H2,1-5H3/b7-6-,15-14-,16-10+. The monoisotopic (exact) mass is 245 g/mol. The van der Waals surface area contributed by atoms with Crippen LogP contribution in [-0.2, 0) is 0 Å². The van der Waals surface area contributed by atoms with Crippen molar-refractivity contribution in [2.24, 2.45) is 11.7 Å². The van der Waals surface area contributed by atoms with E-state index in [1.54, 1.807) is 0 Å². The van der Waals surface area contributed by atoms with Crippen molar-refractivity contribution in [1.29, 1.82) is 0 Å². The van der Waals surface area contributed by atoms with Crippen molar-refractivity contribution in [3.63, 3.8) is 0 Å². The predicted octanol–water partition coefficient (Wildman–Crippen LogP) is 4.10. The van der Waals surface area contributed by atoms with Crippen LogP contribution in [0, 0.1) is 5.92 Å². The fraction of sp³-hybridized carbons (Fsp3) is 0.562. The maximum atomic E-state index is 5.73. The fourth-order valence-corrected chi connectivity index (χ4v) is 1.49. The van der Waals surface area contributed by atoms with Crippen molar-refractivity contribution in [3.05, 3.63) is 35.1 Å². The minimum absolute atomic E-state index is 0.757. The van der Waals surface area contributed by atoms with Crippen LogP contribution in [0.4, 0.5) is 0 Å². The van der Waals surface area contributed by atoms with E-state index in [4.69, 9.17) is 5.73 Å². The van der Waals surface area contributed by atoms with Crippen LogP contribution in [0.3, 0.4) is 0 Å². The molecular formula is C16H28BN. The molecule has 0 unspecified atom stereocenters. The van der Waals surface area contributed by atoms with E-state index in [0.29, 0.717) is 0 Å². The second-order valence-electron chi connectivity index (χ2n) is 5.27. The first-order chi connectivity index (χ1) is 8.47. The average molecular weight is 245 g/mol. The van der Waals surface area contributed by atoms with Crippen LogP contribution in [-0.4, -0.2) is 12.9 Å². The summed E-state index contributed by atoms with van der Waals surface area (Å²) in [5.74, 6) is 2.90.